The van der Waals surface area contributed by atoms with Gasteiger partial charge >= 0.3 is 18.0 Å². The van der Waals surface area contributed by atoms with Gasteiger partial charge in [0.05, 0.1) is 11.5 Å². The van der Waals surface area contributed by atoms with Crippen LogP contribution in [0.2, 0.25) is 0 Å². The molecule has 2 aromatic rings. The number of carbonyl (C=O) groups is 3. The molecule has 0 spiro atoms. The highest BCUT2D eigenvalue weighted by molar-refractivity contribution is 7.89. The summed E-state index contributed by atoms with van der Waals surface area (Å²) in [6, 6.07) is 13.5. The minimum Gasteiger partial charge on any atom is -0.473 e. The van der Waals surface area contributed by atoms with Gasteiger partial charge in [-0.05, 0) is 42.7 Å². The Balaban J connectivity index is 0.000000538. The summed E-state index contributed by atoms with van der Waals surface area (Å²) in [4.78, 5) is 34.6. The van der Waals surface area contributed by atoms with Crippen LogP contribution in [0.3, 0.4) is 0 Å². The molecule has 0 aromatic heterocycles. The third-order valence-corrected chi connectivity index (χ3v) is 8.22. The monoisotopic (exact) mass is 521 g/mol. The van der Waals surface area contributed by atoms with E-state index in [1.807, 2.05) is 37.3 Å². The van der Waals surface area contributed by atoms with Gasteiger partial charge in [-0.15, -0.1) is 0 Å². The van der Waals surface area contributed by atoms with Crippen LogP contribution in [0.5, 0.6) is 0 Å². The zero-order valence-corrected chi connectivity index (χ0v) is 20.9. The molecule has 0 atom stereocenters. The Morgan fingerprint density at radius 2 is 1.47 bits per heavy atom. The van der Waals surface area contributed by atoms with Gasteiger partial charge in [-0.3, -0.25) is 4.90 Å². The summed E-state index contributed by atoms with van der Waals surface area (Å²) in [7, 11) is -3.50. The van der Waals surface area contributed by atoms with Crippen LogP contribution >= 0.6 is 0 Å². The SMILES string of the molecule is CCOC(=O)N1CCC(N2CCN(S(=O)(=O)c3ccc4ccccc4c3)CC2)CC1.O=C(O)C(=O)O. The highest BCUT2D eigenvalue weighted by Gasteiger charge is 2.33. The molecule has 2 heterocycles. The maximum Gasteiger partial charge on any atom is 0.414 e. The van der Waals surface area contributed by atoms with Gasteiger partial charge in [-0.25, -0.2) is 22.8 Å². The van der Waals surface area contributed by atoms with Gasteiger partial charge in [-0.2, -0.15) is 4.31 Å². The molecule has 0 aliphatic carbocycles. The van der Waals surface area contributed by atoms with Crippen LogP contribution in [0.15, 0.2) is 47.4 Å². The number of piperazine rings is 1. The van der Waals surface area contributed by atoms with E-state index in [0.717, 1.165) is 36.7 Å². The minimum absolute atomic E-state index is 0.234. The van der Waals surface area contributed by atoms with Gasteiger partial charge in [0.2, 0.25) is 10.0 Å². The molecule has 0 unspecified atom stereocenters. The van der Waals surface area contributed by atoms with Crippen molar-refractivity contribution in [3.8, 4) is 0 Å². The molecule has 2 N–H and O–H groups in total. The zero-order valence-electron chi connectivity index (χ0n) is 20.1. The van der Waals surface area contributed by atoms with Crippen LogP contribution in [0.4, 0.5) is 4.79 Å². The van der Waals surface area contributed by atoms with E-state index in [2.05, 4.69) is 4.90 Å². The lowest BCUT2D eigenvalue weighted by Gasteiger charge is -2.42. The van der Waals surface area contributed by atoms with Gasteiger partial charge < -0.3 is 19.8 Å². The van der Waals surface area contributed by atoms with Crippen molar-refractivity contribution in [3.05, 3.63) is 42.5 Å². The molecule has 0 bridgehead atoms. The number of rotatable bonds is 4. The summed E-state index contributed by atoms with van der Waals surface area (Å²) < 4.78 is 33.0. The Hall–Kier alpha value is -3.22. The largest absolute Gasteiger partial charge is 0.473 e. The van der Waals surface area contributed by atoms with Crippen LogP contribution in [0, 0.1) is 0 Å². The summed E-state index contributed by atoms with van der Waals surface area (Å²) >= 11 is 0. The van der Waals surface area contributed by atoms with Crippen LogP contribution in [0.25, 0.3) is 10.8 Å². The fraction of sp³-hybridized carbons (Fsp3) is 0.458. The quantitative estimate of drug-likeness (QED) is 0.577. The smallest absolute Gasteiger partial charge is 0.414 e. The van der Waals surface area contributed by atoms with Crippen molar-refractivity contribution in [1.29, 1.82) is 0 Å². The number of nitrogens with zero attached hydrogens (tertiary/aromatic N) is 3. The van der Waals surface area contributed by atoms with E-state index >= 15 is 0 Å². The van der Waals surface area contributed by atoms with E-state index in [0.29, 0.717) is 43.7 Å². The molecule has 11 nitrogen and oxygen atoms in total. The Morgan fingerprint density at radius 1 is 0.889 bits per heavy atom. The van der Waals surface area contributed by atoms with Crippen molar-refractivity contribution in [2.45, 2.75) is 30.7 Å². The molecule has 2 aliphatic heterocycles. The van der Waals surface area contributed by atoms with Crippen LogP contribution in [-0.2, 0) is 24.3 Å². The number of benzene rings is 2. The average Bonchev–Trinajstić information content (AvgIpc) is 2.89. The molecule has 4 rings (SSSR count). The number of aliphatic carboxylic acids is 2. The second kappa shape index (κ2) is 12.2. The first-order valence-electron chi connectivity index (χ1n) is 11.7. The maximum absolute atomic E-state index is 13.1. The number of ether oxygens (including phenoxy) is 1. The minimum atomic E-state index is -3.50. The summed E-state index contributed by atoms with van der Waals surface area (Å²) in [5, 5.41) is 16.8. The standard InChI is InChI=1S/C22H29N3O4S.C2H2O4/c1-2-29-22(26)24-11-9-20(10-12-24)23-13-15-25(16-14-23)30(27,28)21-8-7-18-5-3-4-6-19(18)17-21;3-1(4)2(5)6/h3-8,17,20H,2,9-16H2,1H3;(H,3,4)(H,5,6). The van der Waals surface area contributed by atoms with Gasteiger partial charge in [0, 0.05) is 45.3 Å². The predicted molar refractivity (Wildman–Crippen MR) is 131 cm³/mol. The normalized spacial score (nSPS) is 17.8. The number of carbonyl (C=O) groups excluding carboxylic acids is 1. The zero-order chi connectivity index (χ0) is 26.3. The molecule has 2 fully saturated rings. The molecular formula is C24H31N3O8S. The molecule has 2 aliphatic rings. The number of hydrogen-bond acceptors (Lipinski definition) is 7. The first-order chi connectivity index (χ1) is 17.1. The molecule has 2 saturated heterocycles. The second-order valence-corrected chi connectivity index (χ2v) is 10.4. The van der Waals surface area contributed by atoms with E-state index in [4.69, 9.17) is 24.5 Å². The number of hydrogen-bond donors (Lipinski definition) is 2. The first-order valence-corrected chi connectivity index (χ1v) is 13.2. The van der Waals surface area contributed by atoms with Crippen molar-refractivity contribution in [3.63, 3.8) is 0 Å². The molecule has 36 heavy (non-hydrogen) atoms. The van der Waals surface area contributed by atoms with Crippen molar-refractivity contribution < 1.29 is 37.8 Å². The summed E-state index contributed by atoms with van der Waals surface area (Å²) in [5.41, 5.74) is 0. The molecule has 1 amide bonds. The van der Waals surface area contributed by atoms with E-state index < -0.39 is 22.0 Å². The van der Waals surface area contributed by atoms with Gasteiger partial charge in [0.1, 0.15) is 0 Å². The Labute approximate surface area is 209 Å². The Morgan fingerprint density at radius 3 is 2.03 bits per heavy atom. The molecular weight excluding hydrogens is 490 g/mol. The fourth-order valence-corrected chi connectivity index (χ4v) is 5.87. The topological polar surface area (TPSA) is 145 Å². The molecule has 0 radical (unpaired) electrons. The predicted octanol–water partition coefficient (Wildman–Crippen LogP) is 1.92. The van der Waals surface area contributed by atoms with E-state index in [1.54, 1.807) is 21.3 Å². The lowest BCUT2D eigenvalue weighted by atomic mass is 10.0. The number of sulfonamides is 1. The first kappa shape index (κ1) is 27.4. The molecule has 196 valence electrons. The van der Waals surface area contributed by atoms with Crippen molar-refractivity contribution in [2.24, 2.45) is 0 Å². The highest BCUT2D eigenvalue weighted by atomic mass is 32.2. The summed E-state index contributed by atoms with van der Waals surface area (Å²) in [6.07, 6.45) is 1.56. The summed E-state index contributed by atoms with van der Waals surface area (Å²) in [6.45, 7) is 6.02. The van der Waals surface area contributed by atoms with Crippen LogP contribution in [-0.4, -0.2) is 103 Å². The number of fused-ring (bicyclic) bond motifs is 1. The van der Waals surface area contributed by atoms with E-state index in [-0.39, 0.29) is 6.09 Å². The van der Waals surface area contributed by atoms with Gasteiger partial charge in [0.15, 0.2) is 0 Å². The van der Waals surface area contributed by atoms with Crippen LogP contribution < -0.4 is 0 Å². The van der Waals surface area contributed by atoms with Crippen LogP contribution in [0.1, 0.15) is 19.8 Å². The molecule has 0 saturated carbocycles. The highest BCUT2D eigenvalue weighted by Crippen LogP contribution is 2.24. The molecule has 2 aromatic carbocycles. The Kier molecular flexibility index (Phi) is 9.24. The number of piperidine rings is 1. The third kappa shape index (κ3) is 6.71. The number of carboxylic acids is 2. The average molecular weight is 522 g/mol. The van der Waals surface area contributed by atoms with Crippen molar-refractivity contribution in [2.75, 3.05) is 45.9 Å². The number of likely N-dealkylation sites (tertiary alicyclic amines) is 1. The molecule has 12 heteroatoms. The second-order valence-electron chi connectivity index (χ2n) is 8.48. The lowest BCUT2D eigenvalue weighted by molar-refractivity contribution is -0.159. The maximum atomic E-state index is 13.1. The third-order valence-electron chi connectivity index (χ3n) is 6.32. The number of carboxylic acid groups (broad SMARTS) is 2. The van der Waals surface area contributed by atoms with Crippen molar-refractivity contribution >= 4 is 38.8 Å². The van der Waals surface area contributed by atoms with Gasteiger partial charge in [0.25, 0.3) is 0 Å². The van der Waals surface area contributed by atoms with E-state index in [1.165, 1.54) is 0 Å². The van der Waals surface area contributed by atoms with E-state index in [9.17, 15) is 13.2 Å². The number of amides is 1. The lowest BCUT2D eigenvalue weighted by Crippen LogP contribution is -2.54. The van der Waals surface area contributed by atoms with Gasteiger partial charge in [-0.1, -0.05) is 30.3 Å². The Bertz CT molecular complexity index is 1170. The van der Waals surface area contributed by atoms with Crippen molar-refractivity contribution in [1.82, 2.24) is 14.1 Å². The summed E-state index contributed by atoms with van der Waals surface area (Å²) in [5.74, 6) is -3.65. The fourth-order valence-electron chi connectivity index (χ4n) is 4.41.